The number of hydrogen-bond donors (Lipinski definition) is 2. The summed E-state index contributed by atoms with van der Waals surface area (Å²) in [6.07, 6.45) is 2.81. The van der Waals surface area contributed by atoms with Crippen LogP contribution < -0.4 is 10.6 Å². The zero-order valence-corrected chi connectivity index (χ0v) is 22.2. The molecule has 0 spiro atoms. The van der Waals surface area contributed by atoms with Crippen molar-refractivity contribution in [3.63, 3.8) is 0 Å². The third-order valence-electron chi connectivity index (χ3n) is 4.79. The van der Waals surface area contributed by atoms with Crippen LogP contribution in [0.1, 0.15) is 53.9 Å². The predicted octanol–water partition coefficient (Wildman–Crippen LogP) is 3.25. The van der Waals surface area contributed by atoms with Gasteiger partial charge in [-0.05, 0) is 46.0 Å². The number of nitrogens with zero attached hydrogens (tertiary/aromatic N) is 2. The number of carbonyl (C=O) groups excluding carboxylic acids is 1. The Hall–Kier alpha value is -0.810. The Balaban J connectivity index is 0.00000841. The van der Waals surface area contributed by atoms with Gasteiger partial charge >= 0.3 is 6.09 Å². The fourth-order valence-corrected chi connectivity index (χ4v) is 3.13. The average molecular weight is 543 g/mol. The summed E-state index contributed by atoms with van der Waals surface area (Å²) in [7, 11) is 3.51. The van der Waals surface area contributed by atoms with Gasteiger partial charge in [0.2, 0.25) is 0 Å². The predicted molar refractivity (Wildman–Crippen MR) is 132 cm³/mol. The minimum atomic E-state index is -0.509. The molecule has 30 heavy (non-hydrogen) atoms. The Morgan fingerprint density at radius 1 is 1.20 bits per heavy atom. The van der Waals surface area contributed by atoms with Crippen LogP contribution in [0, 0.1) is 5.92 Å². The van der Waals surface area contributed by atoms with E-state index < -0.39 is 5.60 Å². The molecule has 1 rings (SSSR count). The summed E-state index contributed by atoms with van der Waals surface area (Å²) in [5.41, 5.74) is -0.509. The molecule has 0 aromatic rings. The molecule has 0 aromatic heterocycles. The maximum Gasteiger partial charge on any atom is 0.407 e. The minimum Gasteiger partial charge on any atom is -0.444 e. The van der Waals surface area contributed by atoms with E-state index in [-0.39, 0.29) is 42.0 Å². The number of piperidine rings is 1. The van der Waals surface area contributed by atoms with Crippen molar-refractivity contribution in [2.24, 2.45) is 10.9 Å². The topological polar surface area (TPSA) is 84.4 Å². The highest BCUT2D eigenvalue weighted by Gasteiger charge is 2.24. The lowest BCUT2D eigenvalue weighted by atomic mass is 10.0. The van der Waals surface area contributed by atoms with E-state index in [1.807, 2.05) is 20.8 Å². The molecule has 2 N–H and O–H groups in total. The lowest BCUT2D eigenvalue weighted by Crippen LogP contribution is -2.52. The fourth-order valence-electron chi connectivity index (χ4n) is 3.13. The molecule has 1 unspecified atom stereocenters. The molecule has 0 bridgehead atoms. The SMILES string of the molecule is CN=C(NCC(NC(=O)OC(C)(C)C)C(C)C)N1CCC(OCCCOC)CC1.I. The molecule has 0 radical (unpaired) electrons. The van der Waals surface area contributed by atoms with Crippen molar-refractivity contribution in [3.8, 4) is 0 Å². The number of nitrogens with one attached hydrogen (secondary N) is 2. The monoisotopic (exact) mass is 542 g/mol. The van der Waals surface area contributed by atoms with Gasteiger partial charge in [0.1, 0.15) is 5.60 Å². The number of amides is 1. The molecule has 1 aliphatic heterocycles. The largest absolute Gasteiger partial charge is 0.444 e. The van der Waals surface area contributed by atoms with Crippen molar-refractivity contribution in [1.82, 2.24) is 15.5 Å². The number of guanidine groups is 1. The van der Waals surface area contributed by atoms with Crippen molar-refractivity contribution < 1.29 is 19.0 Å². The Kier molecular flexibility index (Phi) is 14.7. The minimum absolute atomic E-state index is 0. The summed E-state index contributed by atoms with van der Waals surface area (Å²) in [6, 6.07) is -0.0525. The number of alkyl carbamates (subject to hydrolysis) is 1. The van der Waals surface area contributed by atoms with Crippen LogP contribution in [0.4, 0.5) is 4.79 Å². The number of aliphatic imine (C=N–C) groups is 1. The van der Waals surface area contributed by atoms with E-state index in [1.165, 1.54) is 0 Å². The molecule has 0 saturated carbocycles. The Morgan fingerprint density at radius 3 is 2.33 bits per heavy atom. The quantitative estimate of drug-likeness (QED) is 0.202. The van der Waals surface area contributed by atoms with Crippen molar-refractivity contribution in [2.45, 2.75) is 71.6 Å². The van der Waals surface area contributed by atoms with Crippen molar-refractivity contribution in [2.75, 3.05) is 47.0 Å². The molecular formula is C21H43IN4O4. The maximum absolute atomic E-state index is 12.1. The molecule has 1 heterocycles. The summed E-state index contributed by atoms with van der Waals surface area (Å²) in [5.74, 6) is 1.12. The fraction of sp³-hybridized carbons (Fsp3) is 0.905. The molecule has 9 heteroatoms. The summed E-state index contributed by atoms with van der Waals surface area (Å²) >= 11 is 0. The van der Waals surface area contributed by atoms with E-state index in [4.69, 9.17) is 14.2 Å². The normalized spacial score (nSPS) is 16.8. The summed E-state index contributed by atoms with van der Waals surface area (Å²) in [6.45, 7) is 13.6. The van der Waals surface area contributed by atoms with Gasteiger partial charge in [-0.15, -0.1) is 24.0 Å². The van der Waals surface area contributed by atoms with Gasteiger partial charge in [0.25, 0.3) is 0 Å². The van der Waals surface area contributed by atoms with Gasteiger partial charge in [-0.2, -0.15) is 0 Å². The van der Waals surface area contributed by atoms with E-state index in [0.29, 0.717) is 12.6 Å². The molecule has 8 nitrogen and oxygen atoms in total. The summed E-state index contributed by atoms with van der Waals surface area (Å²) in [5, 5.41) is 6.38. The lowest BCUT2D eigenvalue weighted by Gasteiger charge is -2.35. The van der Waals surface area contributed by atoms with Crippen LogP contribution in [-0.2, 0) is 14.2 Å². The van der Waals surface area contributed by atoms with Gasteiger partial charge in [0.05, 0.1) is 12.1 Å². The molecule has 1 aliphatic rings. The van der Waals surface area contributed by atoms with Crippen LogP contribution in [-0.4, -0.2) is 81.7 Å². The van der Waals surface area contributed by atoms with Gasteiger partial charge in [-0.3, -0.25) is 4.99 Å². The molecular weight excluding hydrogens is 499 g/mol. The van der Waals surface area contributed by atoms with Crippen LogP contribution >= 0.6 is 24.0 Å². The second-order valence-corrected chi connectivity index (χ2v) is 8.83. The zero-order chi connectivity index (χ0) is 21.9. The van der Waals surface area contributed by atoms with Crippen molar-refractivity contribution >= 4 is 36.0 Å². The van der Waals surface area contributed by atoms with Gasteiger partial charge in [-0.1, -0.05) is 13.8 Å². The molecule has 1 fully saturated rings. The van der Waals surface area contributed by atoms with Crippen molar-refractivity contribution in [3.05, 3.63) is 0 Å². The first-order chi connectivity index (χ1) is 13.7. The second-order valence-electron chi connectivity index (χ2n) is 8.83. The first-order valence-electron chi connectivity index (χ1n) is 10.7. The van der Waals surface area contributed by atoms with Crippen LogP contribution in [0.3, 0.4) is 0 Å². The van der Waals surface area contributed by atoms with Crippen molar-refractivity contribution in [1.29, 1.82) is 0 Å². The molecule has 178 valence electrons. The van der Waals surface area contributed by atoms with E-state index in [9.17, 15) is 4.79 Å². The summed E-state index contributed by atoms with van der Waals surface area (Å²) < 4.78 is 16.4. The molecule has 1 amide bonds. The third-order valence-corrected chi connectivity index (χ3v) is 4.79. The number of hydrogen-bond acceptors (Lipinski definition) is 5. The van der Waals surface area contributed by atoms with Crippen LogP contribution in [0.15, 0.2) is 4.99 Å². The lowest BCUT2D eigenvalue weighted by molar-refractivity contribution is 0.00985. The average Bonchev–Trinajstić information content (AvgIpc) is 2.64. The Morgan fingerprint density at radius 2 is 1.83 bits per heavy atom. The standard InChI is InChI=1S/C21H42N4O4.HI/c1-16(2)18(24-20(26)29-21(3,4)5)15-23-19(22-6)25-11-9-17(10-12-25)28-14-8-13-27-7;/h16-18H,8-15H2,1-7H3,(H,22,23)(H,24,26);1H. The highest BCUT2D eigenvalue weighted by atomic mass is 127. The maximum atomic E-state index is 12.1. The van der Waals surface area contributed by atoms with Crippen LogP contribution in [0.5, 0.6) is 0 Å². The van der Waals surface area contributed by atoms with E-state index >= 15 is 0 Å². The number of carbonyl (C=O) groups is 1. The number of ether oxygens (including phenoxy) is 3. The first-order valence-corrected chi connectivity index (χ1v) is 10.7. The van der Waals surface area contributed by atoms with E-state index in [1.54, 1.807) is 14.2 Å². The smallest absolute Gasteiger partial charge is 0.407 e. The second kappa shape index (κ2) is 15.1. The molecule has 0 aromatic carbocycles. The number of rotatable bonds is 9. The van der Waals surface area contributed by atoms with Gasteiger partial charge in [-0.25, -0.2) is 4.79 Å². The van der Waals surface area contributed by atoms with Crippen LogP contribution in [0.25, 0.3) is 0 Å². The summed E-state index contributed by atoms with van der Waals surface area (Å²) in [4.78, 5) is 18.8. The number of halogens is 1. The van der Waals surface area contributed by atoms with Gasteiger partial charge in [0, 0.05) is 47.0 Å². The van der Waals surface area contributed by atoms with Gasteiger partial charge in [0.15, 0.2) is 5.96 Å². The van der Waals surface area contributed by atoms with E-state index in [2.05, 4.69) is 34.4 Å². The number of methoxy groups -OCH3 is 1. The van der Waals surface area contributed by atoms with Crippen LogP contribution in [0.2, 0.25) is 0 Å². The molecule has 1 saturated heterocycles. The number of likely N-dealkylation sites (tertiary alicyclic amines) is 1. The third kappa shape index (κ3) is 12.1. The Bertz CT molecular complexity index is 504. The molecule has 0 aliphatic carbocycles. The van der Waals surface area contributed by atoms with Gasteiger partial charge < -0.3 is 29.7 Å². The highest BCUT2D eigenvalue weighted by Crippen LogP contribution is 2.14. The first kappa shape index (κ1) is 29.2. The highest BCUT2D eigenvalue weighted by molar-refractivity contribution is 14.0. The molecule has 1 atom stereocenters. The van der Waals surface area contributed by atoms with E-state index in [0.717, 1.165) is 51.5 Å². The zero-order valence-electron chi connectivity index (χ0n) is 19.8. The Labute approximate surface area is 199 Å².